The highest BCUT2D eigenvalue weighted by Crippen LogP contribution is 2.23. The number of hydrogen-bond acceptors (Lipinski definition) is 4. The molecular formula is C16H26ClN3O. The molecule has 0 aliphatic heterocycles. The number of nitrogens with one attached hydrogen (secondary N) is 1. The molecule has 1 aliphatic rings. The predicted octanol–water partition coefficient (Wildman–Crippen LogP) is 4.32. The molecule has 0 bridgehead atoms. The van der Waals surface area contributed by atoms with Gasteiger partial charge in [-0.05, 0) is 19.8 Å². The summed E-state index contributed by atoms with van der Waals surface area (Å²) < 4.78 is 5.91. The van der Waals surface area contributed by atoms with E-state index >= 15 is 0 Å². The van der Waals surface area contributed by atoms with Gasteiger partial charge in [0.15, 0.2) is 0 Å². The number of anilines is 1. The molecule has 1 heterocycles. The molecule has 1 saturated carbocycles. The molecular weight excluding hydrogens is 286 g/mol. The topological polar surface area (TPSA) is 47.0 Å². The highest BCUT2D eigenvalue weighted by molar-refractivity contribution is 6.30. The van der Waals surface area contributed by atoms with E-state index in [1.165, 1.54) is 32.1 Å². The van der Waals surface area contributed by atoms with Crippen molar-refractivity contribution < 1.29 is 4.74 Å². The van der Waals surface area contributed by atoms with E-state index in [9.17, 15) is 0 Å². The molecule has 118 valence electrons. The summed E-state index contributed by atoms with van der Waals surface area (Å²) in [5.41, 5.74) is 0.902. The maximum absolute atomic E-state index is 6.18. The third-order valence-corrected chi connectivity index (χ3v) is 4.29. The lowest BCUT2D eigenvalue weighted by molar-refractivity contribution is 0.0347. The molecule has 1 aromatic rings. The number of nitrogens with zero attached hydrogens (tertiary/aromatic N) is 2. The molecule has 1 fully saturated rings. The van der Waals surface area contributed by atoms with E-state index in [1.807, 2.05) is 6.92 Å². The second-order valence-electron chi connectivity index (χ2n) is 6.06. The van der Waals surface area contributed by atoms with Crippen molar-refractivity contribution in [1.82, 2.24) is 9.97 Å². The molecule has 0 atom stereocenters. The van der Waals surface area contributed by atoms with Crippen LogP contribution in [0.1, 0.15) is 63.3 Å². The van der Waals surface area contributed by atoms with Crippen LogP contribution in [-0.2, 0) is 4.74 Å². The summed E-state index contributed by atoms with van der Waals surface area (Å²) in [6.45, 7) is 7.54. The zero-order valence-corrected chi connectivity index (χ0v) is 14.0. The molecule has 1 N–H and O–H groups in total. The number of aromatic nitrogens is 2. The molecule has 0 radical (unpaired) electrons. The molecule has 0 saturated heterocycles. The largest absolute Gasteiger partial charge is 0.376 e. The molecule has 1 aromatic heterocycles. The van der Waals surface area contributed by atoms with Crippen LogP contribution >= 0.6 is 11.6 Å². The molecule has 2 rings (SSSR count). The van der Waals surface area contributed by atoms with E-state index in [4.69, 9.17) is 16.3 Å². The van der Waals surface area contributed by atoms with Gasteiger partial charge in [-0.3, -0.25) is 0 Å². The van der Waals surface area contributed by atoms with Gasteiger partial charge in [0, 0.05) is 18.0 Å². The third kappa shape index (κ3) is 4.82. The first-order chi connectivity index (χ1) is 10.1. The van der Waals surface area contributed by atoms with Gasteiger partial charge in [0.05, 0.1) is 12.7 Å². The maximum atomic E-state index is 6.18. The molecule has 1 aliphatic carbocycles. The van der Waals surface area contributed by atoms with Crippen molar-refractivity contribution >= 4 is 17.4 Å². The van der Waals surface area contributed by atoms with E-state index in [2.05, 4.69) is 29.1 Å². The van der Waals surface area contributed by atoms with Crippen molar-refractivity contribution in [3.8, 4) is 0 Å². The van der Waals surface area contributed by atoms with Crippen LogP contribution in [0.3, 0.4) is 0 Å². The minimum atomic E-state index is 0.266. The molecule has 4 nitrogen and oxygen atoms in total. The van der Waals surface area contributed by atoms with Gasteiger partial charge < -0.3 is 10.1 Å². The summed E-state index contributed by atoms with van der Waals surface area (Å²) in [6, 6.07) is 0. The first kappa shape index (κ1) is 16.5. The van der Waals surface area contributed by atoms with Crippen LogP contribution in [0, 0.1) is 6.92 Å². The average molecular weight is 312 g/mol. The normalized spacial score (nSPS) is 16.4. The van der Waals surface area contributed by atoms with Crippen molar-refractivity contribution in [1.29, 1.82) is 0 Å². The number of rotatable bonds is 6. The fourth-order valence-electron chi connectivity index (χ4n) is 2.56. The molecule has 0 spiro atoms. The Morgan fingerprint density at radius 3 is 2.62 bits per heavy atom. The van der Waals surface area contributed by atoms with E-state index in [0.717, 1.165) is 23.8 Å². The SMILES string of the molecule is Cc1c(Cl)nc(C(C)C)nc1NCCOC1CCCCC1. The quantitative estimate of drug-likeness (QED) is 0.627. The Morgan fingerprint density at radius 1 is 1.24 bits per heavy atom. The van der Waals surface area contributed by atoms with E-state index < -0.39 is 0 Å². The summed E-state index contributed by atoms with van der Waals surface area (Å²) in [7, 11) is 0. The summed E-state index contributed by atoms with van der Waals surface area (Å²) in [4.78, 5) is 8.87. The Bertz CT molecular complexity index is 459. The second kappa shape index (κ2) is 7.95. The monoisotopic (exact) mass is 311 g/mol. The average Bonchev–Trinajstić information content (AvgIpc) is 2.48. The maximum Gasteiger partial charge on any atom is 0.137 e. The van der Waals surface area contributed by atoms with Gasteiger partial charge >= 0.3 is 0 Å². The van der Waals surface area contributed by atoms with Crippen molar-refractivity contribution in [3.63, 3.8) is 0 Å². The minimum Gasteiger partial charge on any atom is -0.376 e. The van der Waals surface area contributed by atoms with Gasteiger partial charge in [-0.1, -0.05) is 44.7 Å². The highest BCUT2D eigenvalue weighted by atomic mass is 35.5. The molecule has 5 heteroatoms. The van der Waals surface area contributed by atoms with Crippen molar-refractivity contribution in [2.75, 3.05) is 18.5 Å². The standard InChI is InChI=1S/C16H26ClN3O/c1-11(2)15-19-14(17)12(3)16(20-15)18-9-10-21-13-7-5-4-6-8-13/h11,13H,4-10H2,1-3H3,(H,18,19,20). The molecule has 0 aromatic carbocycles. The molecule has 21 heavy (non-hydrogen) atoms. The Hall–Kier alpha value is -0.870. The van der Waals surface area contributed by atoms with Crippen LogP contribution in [0.4, 0.5) is 5.82 Å². The van der Waals surface area contributed by atoms with Crippen LogP contribution in [0.5, 0.6) is 0 Å². The zero-order chi connectivity index (χ0) is 15.2. The highest BCUT2D eigenvalue weighted by Gasteiger charge is 2.14. The first-order valence-electron chi connectivity index (χ1n) is 7.97. The Kier molecular flexibility index (Phi) is 6.24. The lowest BCUT2D eigenvalue weighted by atomic mass is 9.98. The second-order valence-corrected chi connectivity index (χ2v) is 6.42. The van der Waals surface area contributed by atoms with Crippen LogP contribution in [0.15, 0.2) is 0 Å². The lowest BCUT2D eigenvalue weighted by Crippen LogP contribution is -2.21. The summed E-state index contributed by atoms with van der Waals surface area (Å²) in [5.74, 6) is 1.87. The van der Waals surface area contributed by atoms with Gasteiger partial charge in [0.1, 0.15) is 16.8 Å². The van der Waals surface area contributed by atoms with Gasteiger partial charge in [-0.15, -0.1) is 0 Å². The van der Waals surface area contributed by atoms with E-state index in [1.54, 1.807) is 0 Å². The van der Waals surface area contributed by atoms with Gasteiger partial charge in [-0.25, -0.2) is 9.97 Å². The van der Waals surface area contributed by atoms with Crippen LogP contribution in [0.25, 0.3) is 0 Å². The van der Waals surface area contributed by atoms with Crippen LogP contribution in [0.2, 0.25) is 5.15 Å². The molecule has 0 unspecified atom stereocenters. The van der Waals surface area contributed by atoms with E-state index in [-0.39, 0.29) is 5.92 Å². The smallest absolute Gasteiger partial charge is 0.137 e. The number of halogens is 1. The summed E-state index contributed by atoms with van der Waals surface area (Å²) in [5, 5.41) is 3.86. The fourth-order valence-corrected chi connectivity index (χ4v) is 2.74. The van der Waals surface area contributed by atoms with Gasteiger partial charge in [0.25, 0.3) is 0 Å². The van der Waals surface area contributed by atoms with Gasteiger partial charge in [0.2, 0.25) is 0 Å². The minimum absolute atomic E-state index is 0.266. The third-order valence-electron chi connectivity index (χ3n) is 3.92. The fraction of sp³-hybridized carbons (Fsp3) is 0.750. The Balaban J connectivity index is 1.84. The Morgan fingerprint density at radius 2 is 1.95 bits per heavy atom. The molecule has 0 amide bonds. The summed E-state index contributed by atoms with van der Waals surface area (Å²) >= 11 is 6.18. The first-order valence-corrected chi connectivity index (χ1v) is 8.35. The Labute approximate surface area is 132 Å². The summed E-state index contributed by atoms with van der Waals surface area (Å²) in [6.07, 6.45) is 6.81. The van der Waals surface area contributed by atoms with E-state index in [0.29, 0.717) is 17.9 Å². The van der Waals surface area contributed by atoms with Crippen molar-refractivity contribution in [2.45, 2.75) is 64.9 Å². The number of ether oxygens (including phenoxy) is 1. The van der Waals surface area contributed by atoms with Gasteiger partial charge in [-0.2, -0.15) is 0 Å². The van der Waals surface area contributed by atoms with Crippen LogP contribution in [-0.4, -0.2) is 29.2 Å². The van der Waals surface area contributed by atoms with Crippen molar-refractivity contribution in [3.05, 3.63) is 16.5 Å². The lowest BCUT2D eigenvalue weighted by Gasteiger charge is -2.22. The van der Waals surface area contributed by atoms with Crippen LogP contribution < -0.4 is 5.32 Å². The zero-order valence-electron chi connectivity index (χ0n) is 13.3. The van der Waals surface area contributed by atoms with Crippen molar-refractivity contribution in [2.24, 2.45) is 0 Å². The predicted molar refractivity (Wildman–Crippen MR) is 87.2 cm³/mol. The number of hydrogen-bond donors (Lipinski definition) is 1.